The van der Waals surface area contributed by atoms with Gasteiger partial charge in [0.15, 0.2) is 0 Å². The van der Waals surface area contributed by atoms with Crippen LogP contribution in [-0.2, 0) is 13.0 Å². The first-order chi connectivity index (χ1) is 10.8. The number of anilines is 1. The fraction of sp³-hybridized carbons (Fsp3) is 0.438. The summed E-state index contributed by atoms with van der Waals surface area (Å²) in [5.41, 5.74) is 1.80. The number of thiazole rings is 1. The summed E-state index contributed by atoms with van der Waals surface area (Å²) in [5, 5.41) is 12.2. The largest absolute Gasteiger partial charge is 0.354 e. The average Bonchev–Trinajstić information content (AvgIpc) is 3.03. The minimum Gasteiger partial charge on any atom is -0.354 e. The lowest BCUT2D eigenvalue weighted by molar-refractivity contribution is 0.247. The van der Waals surface area contributed by atoms with Crippen LogP contribution in [0.2, 0.25) is 0 Å². The van der Waals surface area contributed by atoms with Crippen LogP contribution in [0.3, 0.4) is 0 Å². The summed E-state index contributed by atoms with van der Waals surface area (Å²) in [7, 11) is 0. The third-order valence-electron chi connectivity index (χ3n) is 3.86. The molecule has 22 heavy (non-hydrogen) atoms. The molecule has 0 amide bonds. The van der Waals surface area contributed by atoms with Gasteiger partial charge in [-0.1, -0.05) is 6.92 Å². The zero-order chi connectivity index (χ0) is 15.4. The first-order valence-corrected chi connectivity index (χ1v) is 8.43. The molecule has 1 aliphatic rings. The van der Waals surface area contributed by atoms with E-state index in [2.05, 4.69) is 38.1 Å². The Bertz CT molecular complexity index is 650. The maximum absolute atomic E-state index is 8.82. The fourth-order valence-corrected chi connectivity index (χ4v) is 3.32. The van der Waals surface area contributed by atoms with E-state index >= 15 is 0 Å². The van der Waals surface area contributed by atoms with Gasteiger partial charge in [0, 0.05) is 44.3 Å². The fourth-order valence-electron chi connectivity index (χ4n) is 2.59. The molecule has 0 radical (unpaired) electrons. The maximum Gasteiger partial charge on any atom is 0.128 e. The van der Waals surface area contributed by atoms with Crippen molar-refractivity contribution in [2.45, 2.75) is 19.9 Å². The lowest BCUT2D eigenvalue weighted by Gasteiger charge is -2.35. The molecular formula is C16H19N5S. The summed E-state index contributed by atoms with van der Waals surface area (Å²) in [6, 6.07) is 5.87. The van der Waals surface area contributed by atoms with E-state index < -0.39 is 0 Å². The molecule has 0 aromatic carbocycles. The molecule has 1 aliphatic heterocycles. The smallest absolute Gasteiger partial charge is 0.128 e. The molecule has 1 fully saturated rings. The summed E-state index contributed by atoms with van der Waals surface area (Å²) < 4.78 is 0. The lowest BCUT2D eigenvalue weighted by atomic mass is 10.2. The van der Waals surface area contributed by atoms with Gasteiger partial charge in [0.25, 0.3) is 0 Å². The molecule has 0 saturated carbocycles. The zero-order valence-corrected chi connectivity index (χ0v) is 13.5. The molecule has 2 aromatic rings. The Morgan fingerprint density at radius 3 is 2.68 bits per heavy atom. The van der Waals surface area contributed by atoms with Gasteiger partial charge in [-0.05, 0) is 18.6 Å². The van der Waals surface area contributed by atoms with Crippen molar-refractivity contribution in [1.82, 2.24) is 14.9 Å². The van der Waals surface area contributed by atoms with Crippen LogP contribution in [0.25, 0.3) is 0 Å². The van der Waals surface area contributed by atoms with Crippen LogP contribution >= 0.6 is 11.3 Å². The quantitative estimate of drug-likeness (QED) is 0.867. The summed E-state index contributed by atoms with van der Waals surface area (Å²) in [6.07, 6.45) is 2.66. The number of aryl methyl sites for hydroxylation is 1. The summed E-state index contributed by atoms with van der Waals surface area (Å²) in [4.78, 5) is 13.7. The van der Waals surface area contributed by atoms with Gasteiger partial charge in [0.05, 0.1) is 16.3 Å². The van der Waals surface area contributed by atoms with E-state index in [1.807, 2.05) is 12.1 Å². The Kier molecular flexibility index (Phi) is 4.66. The Balaban J connectivity index is 1.54. The van der Waals surface area contributed by atoms with Gasteiger partial charge >= 0.3 is 0 Å². The van der Waals surface area contributed by atoms with E-state index in [4.69, 9.17) is 5.26 Å². The number of nitriles is 1. The monoisotopic (exact) mass is 313 g/mol. The van der Waals surface area contributed by atoms with Gasteiger partial charge in [0.1, 0.15) is 11.9 Å². The van der Waals surface area contributed by atoms with E-state index in [0.29, 0.717) is 5.56 Å². The average molecular weight is 313 g/mol. The highest BCUT2D eigenvalue weighted by Gasteiger charge is 2.18. The number of aromatic nitrogens is 2. The van der Waals surface area contributed by atoms with Crippen molar-refractivity contribution < 1.29 is 0 Å². The van der Waals surface area contributed by atoms with Crippen molar-refractivity contribution in [3.05, 3.63) is 40.0 Å². The molecule has 5 nitrogen and oxygen atoms in total. The predicted octanol–water partition coefficient (Wildman–Crippen LogP) is 2.29. The number of piperazine rings is 1. The minimum absolute atomic E-state index is 0.609. The van der Waals surface area contributed by atoms with Crippen LogP contribution in [0.5, 0.6) is 0 Å². The molecule has 0 N–H and O–H groups in total. The SMILES string of the molecule is CCc1nc(CN2CCN(c3ccc(C#N)cn3)CC2)cs1. The van der Waals surface area contributed by atoms with Crippen molar-refractivity contribution >= 4 is 17.2 Å². The molecule has 0 bridgehead atoms. The number of hydrogen-bond donors (Lipinski definition) is 0. The first-order valence-electron chi connectivity index (χ1n) is 7.55. The van der Waals surface area contributed by atoms with Crippen LogP contribution in [0, 0.1) is 11.3 Å². The molecule has 3 heterocycles. The van der Waals surface area contributed by atoms with E-state index in [0.717, 1.165) is 45.0 Å². The van der Waals surface area contributed by atoms with Crippen LogP contribution < -0.4 is 4.90 Å². The predicted molar refractivity (Wildman–Crippen MR) is 87.9 cm³/mol. The highest BCUT2D eigenvalue weighted by atomic mass is 32.1. The highest BCUT2D eigenvalue weighted by Crippen LogP contribution is 2.16. The van der Waals surface area contributed by atoms with E-state index in [9.17, 15) is 0 Å². The molecule has 2 aromatic heterocycles. The minimum atomic E-state index is 0.609. The van der Waals surface area contributed by atoms with Gasteiger partial charge in [0.2, 0.25) is 0 Å². The van der Waals surface area contributed by atoms with E-state index in [-0.39, 0.29) is 0 Å². The van der Waals surface area contributed by atoms with Gasteiger partial charge in [-0.3, -0.25) is 4.90 Å². The Morgan fingerprint density at radius 1 is 1.27 bits per heavy atom. The third kappa shape index (κ3) is 3.43. The van der Waals surface area contributed by atoms with Crippen LogP contribution in [0.15, 0.2) is 23.7 Å². The van der Waals surface area contributed by atoms with Gasteiger partial charge in [-0.2, -0.15) is 5.26 Å². The number of nitrogens with zero attached hydrogens (tertiary/aromatic N) is 5. The zero-order valence-electron chi connectivity index (χ0n) is 12.7. The van der Waals surface area contributed by atoms with Crippen molar-refractivity contribution in [2.24, 2.45) is 0 Å². The van der Waals surface area contributed by atoms with Crippen LogP contribution in [-0.4, -0.2) is 41.0 Å². The molecule has 0 spiro atoms. The first kappa shape index (κ1) is 14.9. The molecular weight excluding hydrogens is 294 g/mol. The topological polar surface area (TPSA) is 56.1 Å². The summed E-state index contributed by atoms with van der Waals surface area (Å²) >= 11 is 1.75. The van der Waals surface area contributed by atoms with Crippen molar-refractivity contribution in [3.8, 4) is 6.07 Å². The molecule has 0 atom stereocenters. The van der Waals surface area contributed by atoms with Gasteiger partial charge < -0.3 is 4.90 Å². The molecule has 0 aliphatic carbocycles. The Labute approximate surface area is 134 Å². The van der Waals surface area contributed by atoms with Crippen LogP contribution in [0.4, 0.5) is 5.82 Å². The molecule has 3 rings (SSSR count). The van der Waals surface area contributed by atoms with Crippen molar-refractivity contribution in [3.63, 3.8) is 0 Å². The van der Waals surface area contributed by atoms with Gasteiger partial charge in [-0.15, -0.1) is 11.3 Å². The van der Waals surface area contributed by atoms with Crippen molar-refractivity contribution in [1.29, 1.82) is 5.26 Å². The van der Waals surface area contributed by atoms with Gasteiger partial charge in [-0.25, -0.2) is 9.97 Å². The molecule has 0 unspecified atom stereocenters. The lowest BCUT2D eigenvalue weighted by Crippen LogP contribution is -2.46. The van der Waals surface area contributed by atoms with E-state index in [1.165, 1.54) is 10.7 Å². The number of hydrogen-bond acceptors (Lipinski definition) is 6. The molecule has 1 saturated heterocycles. The maximum atomic E-state index is 8.82. The summed E-state index contributed by atoms with van der Waals surface area (Å²) in [6.45, 7) is 7.03. The van der Waals surface area contributed by atoms with Crippen molar-refractivity contribution in [2.75, 3.05) is 31.1 Å². The standard InChI is InChI=1S/C16H19N5S/c1-2-16-19-14(12-22-16)11-20-5-7-21(8-6-20)15-4-3-13(9-17)10-18-15/h3-4,10,12H,2,5-8,11H2,1H3. The number of pyridine rings is 1. The van der Waals surface area contributed by atoms with E-state index in [1.54, 1.807) is 17.5 Å². The number of rotatable bonds is 4. The second kappa shape index (κ2) is 6.86. The molecule has 6 heteroatoms. The highest BCUT2D eigenvalue weighted by molar-refractivity contribution is 7.09. The Morgan fingerprint density at radius 2 is 2.09 bits per heavy atom. The normalized spacial score (nSPS) is 15.7. The molecule has 114 valence electrons. The second-order valence-electron chi connectivity index (χ2n) is 5.37. The Hall–Kier alpha value is -1.97. The second-order valence-corrected chi connectivity index (χ2v) is 6.31. The van der Waals surface area contributed by atoms with Crippen LogP contribution in [0.1, 0.15) is 23.2 Å². The summed E-state index contributed by atoms with van der Waals surface area (Å²) in [5.74, 6) is 0.959. The third-order valence-corrected chi connectivity index (χ3v) is 4.90.